The van der Waals surface area contributed by atoms with Crippen molar-refractivity contribution in [2.45, 2.75) is 13.5 Å². The zero-order valence-corrected chi connectivity index (χ0v) is 10.4. The van der Waals surface area contributed by atoms with E-state index in [4.69, 9.17) is 4.74 Å². The number of hydrogen-bond acceptors (Lipinski definition) is 3. The van der Waals surface area contributed by atoms with Crippen molar-refractivity contribution in [1.29, 1.82) is 0 Å². The molecule has 0 aliphatic carbocycles. The molecule has 0 atom stereocenters. The van der Waals surface area contributed by atoms with Gasteiger partial charge in [-0.2, -0.15) is 0 Å². The zero-order chi connectivity index (χ0) is 11.4. The van der Waals surface area contributed by atoms with Gasteiger partial charge in [-0.3, -0.25) is 4.98 Å². The minimum Gasteiger partial charge on any atom is -0.473 e. The van der Waals surface area contributed by atoms with Crippen molar-refractivity contribution >= 4 is 15.9 Å². The SMILES string of the molecule is Cc1ccc(COc2ccc(Br)cn2)cn1. The summed E-state index contributed by atoms with van der Waals surface area (Å²) in [5.41, 5.74) is 2.04. The predicted octanol–water partition coefficient (Wildman–Crippen LogP) is 3.13. The third-order valence-electron chi connectivity index (χ3n) is 2.06. The quantitative estimate of drug-likeness (QED) is 0.865. The van der Waals surface area contributed by atoms with Gasteiger partial charge in [-0.1, -0.05) is 6.07 Å². The Bertz CT molecular complexity index is 408. The molecule has 0 bridgehead atoms. The second kappa shape index (κ2) is 5.07. The molecule has 0 unspecified atom stereocenters. The van der Waals surface area contributed by atoms with Crippen molar-refractivity contribution < 1.29 is 4.74 Å². The standard InChI is InChI=1S/C12H11BrN2O/c1-9-2-3-10(6-14-9)8-16-12-5-4-11(13)7-15-12/h2-7H,8H2,1H3. The molecule has 0 aliphatic heterocycles. The molecule has 0 aliphatic rings. The van der Waals surface area contributed by atoms with Gasteiger partial charge < -0.3 is 4.74 Å². The molecular formula is C12H11BrN2O. The number of nitrogens with zero attached hydrogens (tertiary/aromatic N) is 2. The molecule has 16 heavy (non-hydrogen) atoms. The van der Waals surface area contributed by atoms with Crippen molar-refractivity contribution in [2.24, 2.45) is 0 Å². The van der Waals surface area contributed by atoms with Gasteiger partial charge in [0.1, 0.15) is 6.61 Å². The van der Waals surface area contributed by atoms with Crippen molar-refractivity contribution in [2.75, 3.05) is 0 Å². The smallest absolute Gasteiger partial charge is 0.213 e. The van der Waals surface area contributed by atoms with Crippen molar-refractivity contribution in [3.8, 4) is 5.88 Å². The first-order valence-electron chi connectivity index (χ1n) is 4.90. The van der Waals surface area contributed by atoms with Gasteiger partial charge in [0.05, 0.1) is 0 Å². The highest BCUT2D eigenvalue weighted by atomic mass is 79.9. The Balaban J connectivity index is 1.97. The van der Waals surface area contributed by atoms with Gasteiger partial charge >= 0.3 is 0 Å². The normalized spacial score (nSPS) is 10.1. The van der Waals surface area contributed by atoms with Crippen LogP contribution in [0.4, 0.5) is 0 Å². The van der Waals surface area contributed by atoms with Crippen molar-refractivity contribution in [3.63, 3.8) is 0 Å². The fourth-order valence-electron chi connectivity index (χ4n) is 1.19. The minimum atomic E-state index is 0.488. The lowest BCUT2D eigenvalue weighted by molar-refractivity contribution is 0.293. The summed E-state index contributed by atoms with van der Waals surface area (Å²) in [6.45, 7) is 2.45. The summed E-state index contributed by atoms with van der Waals surface area (Å²) in [7, 11) is 0. The Labute approximate surface area is 103 Å². The van der Waals surface area contributed by atoms with Gasteiger partial charge in [-0.05, 0) is 35.0 Å². The van der Waals surface area contributed by atoms with Gasteiger partial charge in [0, 0.05) is 34.2 Å². The van der Waals surface area contributed by atoms with Crippen LogP contribution in [-0.2, 0) is 6.61 Å². The largest absolute Gasteiger partial charge is 0.473 e. The van der Waals surface area contributed by atoms with Crippen LogP contribution in [-0.4, -0.2) is 9.97 Å². The Kier molecular flexibility index (Phi) is 3.51. The van der Waals surface area contributed by atoms with Crippen LogP contribution in [0.3, 0.4) is 0 Å². The predicted molar refractivity (Wildman–Crippen MR) is 65.2 cm³/mol. The van der Waals surface area contributed by atoms with Crippen LogP contribution in [0, 0.1) is 6.92 Å². The lowest BCUT2D eigenvalue weighted by Crippen LogP contribution is -1.97. The Morgan fingerprint density at radius 3 is 2.62 bits per heavy atom. The summed E-state index contributed by atoms with van der Waals surface area (Å²) in [4.78, 5) is 8.32. The molecule has 3 nitrogen and oxygen atoms in total. The number of hydrogen-bond donors (Lipinski definition) is 0. The van der Waals surface area contributed by atoms with Crippen LogP contribution in [0.1, 0.15) is 11.3 Å². The number of halogens is 1. The molecule has 0 spiro atoms. The second-order valence-corrected chi connectivity index (χ2v) is 4.33. The van der Waals surface area contributed by atoms with Crippen LogP contribution < -0.4 is 4.74 Å². The summed E-state index contributed by atoms with van der Waals surface area (Å²) < 4.78 is 6.46. The highest BCUT2D eigenvalue weighted by Crippen LogP contribution is 2.13. The van der Waals surface area contributed by atoms with E-state index in [2.05, 4.69) is 25.9 Å². The van der Waals surface area contributed by atoms with E-state index in [1.54, 1.807) is 6.20 Å². The zero-order valence-electron chi connectivity index (χ0n) is 8.85. The molecule has 0 amide bonds. The highest BCUT2D eigenvalue weighted by molar-refractivity contribution is 9.10. The van der Waals surface area contributed by atoms with E-state index in [-0.39, 0.29) is 0 Å². The number of aromatic nitrogens is 2. The number of ether oxygens (including phenoxy) is 1. The fraction of sp³-hybridized carbons (Fsp3) is 0.167. The number of rotatable bonds is 3. The third kappa shape index (κ3) is 3.03. The van der Waals surface area contributed by atoms with Crippen LogP contribution in [0.15, 0.2) is 41.1 Å². The first kappa shape index (κ1) is 11.1. The first-order valence-corrected chi connectivity index (χ1v) is 5.69. The highest BCUT2D eigenvalue weighted by Gasteiger charge is 1.97. The molecule has 2 aromatic rings. The average Bonchev–Trinajstić information content (AvgIpc) is 2.30. The van der Waals surface area contributed by atoms with E-state index < -0.39 is 0 Å². The topological polar surface area (TPSA) is 35.0 Å². The number of aryl methyl sites for hydroxylation is 1. The molecule has 0 aromatic carbocycles. The van der Waals surface area contributed by atoms with E-state index in [1.165, 1.54) is 0 Å². The van der Waals surface area contributed by atoms with Gasteiger partial charge in [0.2, 0.25) is 5.88 Å². The lowest BCUT2D eigenvalue weighted by atomic mass is 10.3. The summed E-state index contributed by atoms with van der Waals surface area (Å²) in [5.74, 6) is 0.615. The van der Waals surface area contributed by atoms with E-state index in [1.807, 2.05) is 37.4 Å². The fourth-order valence-corrected chi connectivity index (χ4v) is 1.42. The van der Waals surface area contributed by atoms with Crippen molar-refractivity contribution in [1.82, 2.24) is 9.97 Å². The molecule has 0 N–H and O–H groups in total. The van der Waals surface area contributed by atoms with E-state index in [9.17, 15) is 0 Å². The Morgan fingerprint density at radius 2 is 2.00 bits per heavy atom. The summed E-state index contributed by atoms with van der Waals surface area (Å²) in [6, 6.07) is 7.69. The molecule has 0 radical (unpaired) electrons. The maximum Gasteiger partial charge on any atom is 0.213 e. The summed E-state index contributed by atoms with van der Waals surface area (Å²) in [6.07, 6.45) is 3.52. The van der Waals surface area contributed by atoms with Crippen LogP contribution in [0.5, 0.6) is 5.88 Å². The maximum absolute atomic E-state index is 5.51. The number of pyridine rings is 2. The molecule has 4 heteroatoms. The van der Waals surface area contributed by atoms with Crippen molar-refractivity contribution in [3.05, 3.63) is 52.4 Å². The second-order valence-electron chi connectivity index (χ2n) is 3.41. The third-order valence-corrected chi connectivity index (χ3v) is 2.53. The van der Waals surface area contributed by atoms with Crippen LogP contribution in [0.25, 0.3) is 0 Å². The molecular weight excluding hydrogens is 268 g/mol. The first-order chi connectivity index (χ1) is 7.74. The maximum atomic E-state index is 5.51. The molecule has 2 heterocycles. The molecule has 82 valence electrons. The van der Waals surface area contributed by atoms with Gasteiger partial charge in [-0.25, -0.2) is 4.98 Å². The van der Waals surface area contributed by atoms with Gasteiger partial charge in [0.15, 0.2) is 0 Å². The molecule has 0 saturated carbocycles. The van der Waals surface area contributed by atoms with Crippen LogP contribution >= 0.6 is 15.9 Å². The van der Waals surface area contributed by atoms with E-state index >= 15 is 0 Å². The van der Waals surface area contributed by atoms with E-state index in [0.717, 1.165) is 15.7 Å². The van der Waals surface area contributed by atoms with Crippen LogP contribution in [0.2, 0.25) is 0 Å². The lowest BCUT2D eigenvalue weighted by Gasteiger charge is -2.04. The molecule has 2 aromatic heterocycles. The van der Waals surface area contributed by atoms with E-state index in [0.29, 0.717) is 12.5 Å². The molecule has 0 fully saturated rings. The van der Waals surface area contributed by atoms with Gasteiger partial charge in [-0.15, -0.1) is 0 Å². The minimum absolute atomic E-state index is 0.488. The average molecular weight is 279 g/mol. The monoisotopic (exact) mass is 278 g/mol. The summed E-state index contributed by atoms with van der Waals surface area (Å²) in [5, 5.41) is 0. The molecule has 0 saturated heterocycles. The molecule has 2 rings (SSSR count). The Hall–Kier alpha value is -1.42. The Morgan fingerprint density at radius 1 is 1.12 bits per heavy atom. The summed E-state index contributed by atoms with van der Waals surface area (Å²) >= 11 is 3.32. The van der Waals surface area contributed by atoms with Gasteiger partial charge in [0.25, 0.3) is 0 Å².